The lowest BCUT2D eigenvalue weighted by atomic mass is 9.96. The lowest BCUT2D eigenvalue weighted by Crippen LogP contribution is -2.61. The van der Waals surface area contributed by atoms with Gasteiger partial charge in [0.1, 0.15) is 42.4 Å². The third-order valence-electron chi connectivity index (χ3n) is 15.7. The van der Waals surface area contributed by atoms with Gasteiger partial charge in [-0.05, 0) is 64.2 Å². The number of fused-ring (bicyclic) bond motifs is 1. The number of carbonyl (C=O) groups is 8. The van der Waals surface area contributed by atoms with E-state index in [1.54, 1.807) is 41.5 Å². The zero-order valence-corrected chi connectivity index (χ0v) is 49.6. The number of aliphatic hydroxyl groups excluding tert-OH is 1. The predicted octanol–water partition coefficient (Wildman–Crippen LogP) is 7.60. The van der Waals surface area contributed by atoms with Crippen LogP contribution in [0.1, 0.15) is 236 Å². The number of carbonyl (C=O) groups excluding carboxylic acids is 8. The van der Waals surface area contributed by atoms with E-state index in [0.717, 1.165) is 25.7 Å². The molecule has 2 fully saturated rings. The number of hydrogen-bond donors (Lipinski definition) is 7. The summed E-state index contributed by atoms with van der Waals surface area (Å²) in [4.78, 5) is 113. The molecule has 2 unspecified atom stereocenters. The summed E-state index contributed by atoms with van der Waals surface area (Å²) in [7, 11) is 1.37. The van der Waals surface area contributed by atoms with Crippen molar-refractivity contribution in [1.29, 1.82) is 0 Å². The smallest absolute Gasteiger partial charge is 0.331 e. The Labute approximate surface area is 463 Å². The van der Waals surface area contributed by atoms with Gasteiger partial charge < -0.3 is 51.4 Å². The number of unbranched alkanes of at least 4 members (excludes halogenated alkanes) is 20. The number of nitrogens with one attached hydrogen (secondary N) is 6. The summed E-state index contributed by atoms with van der Waals surface area (Å²) >= 11 is 0. The van der Waals surface area contributed by atoms with Crippen LogP contribution in [0.5, 0.6) is 0 Å². The first kappa shape index (κ1) is 68.8. The highest BCUT2D eigenvalue weighted by Crippen LogP contribution is 2.22. The summed E-state index contributed by atoms with van der Waals surface area (Å²) in [6.45, 7) is 17.4. The van der Waals surface area contributed by atoms with Crippen LogP contribution in [0.3, 0.4) is 0 Å². The van der Waals surface area contributed by atoms with Gasteiger partial charge in [0.25, 0.3) is 0 Å². The molecule has 0 aromatic carbocycles. The molecule has 2 rings (SSSR count). The molecular formula is C59H107N7O11. The van der Waals surface area contributed by atoms with Gasteiger partial charge in [0, 0.05) is 13.7 Å². The Morgan fingerprint density at radius 2 is 0.961 bits per heavy atom. The largest absolute Gasteiger partial charge is 0.460 e. The maximum Gasteiger partial charge on any atom is 0.331 e. The molecule has 444 valence electrons. The van der Waals surface area contributed by atoms with Crippen LogP contribution in [0.25, 0.3) is 0 Å². The number of methoxy groups -OCH3 is 1. The number of amides is 7. The van der Waals surface area contributed by atoms with Crippen LogP contribution in [0.15, 0.2) is 0 Å². The number of nitrogens with zero attached hydrogens (tertiary/aromatic N) is 1. The Morgan fingerprint density at radius 3 is 1.40 bits per heavy atom. The Balaban J connectivity index is 2.27. The van der Waals surface area contributed by atoms with E-state index >= 15 is 0 Å². The normalized spacial score (nSPS) is 25.4. The summed E-state index contributed by atoms with van der Waals surface area (Å²) in [6.07, 6.45) is 23.6. The van der Waals surface area contributed by atoms with E-state index in [-0.39, 0.29) is 19.4 Å². The zero-order valence-electron chi connectivity index (χ0n) is 49.6. The molecule has 0 aromatic heterocycles. The van der Waals surface area contributed by atoms with Crippen molar-refractivity contribution in [3.05, 3.63) is 0 Å². The third kappa shape index (κ3) is 25.6. The van der Waals surface area contributed by atoms with Crippen molar-refractivity contribution < 1.29 is 52.9 Å². The minimum absolute atomic E-state index is 0.219. The van der Waals surface area contributed by atoms with Crippen molar-refractivity contribution in [3.63, 3.8) is 0 Å². The molecule has 2 aliphatic rings. The average Bonchev–Trinajstić information content (AvgIpc) is 3.89. The maximum absolute atomic E-state index is 14.2. The second kappa shape index (κ2) is 38.3. The number of aliphatic hydroxyl groups is 1. The standard InChI is InChI=1S/C59H107N7O11/c1-12-14-15-16-17-18-19-20-21-22-23-24-25-26-27-28-29-30-31-32-33-35-45-38-47(68)61-51(43(9)67)57(73)63-48(39(3)4)54(70)60-42(8)58(74)66-37-34-36-46(66)53(69)64-50(41(7)13-2)56(72)62-49(40(5)6)55(71)65-52(44(10)76-11)59(75)77-45/h39-46,48-52,67H,12-38H2,1-11H3,(H,60,70)(H,61,68)(H,62,72)(H,63,73)(H,64,69)(H,65,71)/t41-,42-,43+,44+,45+,46+,48?,49-,50+,51-,52?/m0/s1. The van der Waals surface area contributed by atoms with E-state index in [4.69, 9.17) is 9.47 Å². The van der Waals surface area contributed by atoms with Gasteiger partial charge in [0.15, 0.2) is 6.04 Å². The van der Waals surface area contributed by atoms with Crippen molar-refractivity contribution in [1.82, 2.24) is 36.8 Å². The molecular weight excluding hydrogens is 983 g/mol. The summed E-state index contributed by atoms with van der Waals surface area (Å²) in [5, 5.41) is 27.1. The monoisotopic (exact) mass is 1090 g/mol. The van der Waals surface area contributed by atoms with E-state index in [1.807, 2.05) is 6.92 Å². The lowest BCUT2D eigenvalue weighted by molar-refractivity contribution is -0.158. The maximum atomic E-state index is 14.2. The highest BCUT2D eigenvalue weighted by atomic mass is 16.5. The van der Waals surface area contributed by atoms with Gasteiger partial charge in [-0.3, -0.25) is 33.6 Å². The third-order valence-corrected chi connectivity index (χ3v) is 15.7. The molecule has 0 saturated carbocycles. The number of rotatable bonds is 29. The van der Waals surface area contributed by atoms with Gasteiger partial charge in [0.2, 0.25) is 41.4 Å². The number of esters is 1. The molecule has 7 amide bonds. The van der Waals surface area contributed by atoms with Crippen molar-refractivity contribution in [2.45, 2.75) is 297 Å². The van der Waals surface area contributed by atoms with E-state index in [2.05, 4.69) is 38.8 Å². The van der Waals surface area contributed by atoms with E-state index < -0.39 is 126 Å². The van der Waals surface area contributed by atoms with E-state index in [1.165, 1.54) is 129 Å². The molecule has 0 aliphatic carbocycles. The molecule has 2 aliphatic heterocycles. The van der Waals surface area contributed by atoms with E-state index in [9.17, 15) is 43.5 Å². The molecule has 7 N–H and O–H groups in total. The fourth-order valence-electron chi connectivity index (χ4n) is 10.3. The molecule has 0 aromatic rings. The molecule has 0 radical (unpaired) electrons. The summed E-state index contributed by atoms with van der Waals surface area (Å²) in [5.41, 5.74) is 0. The van der Waals surface area contributed by atoms with Gasteiger partial charge in [0.05, 0.1) is 18.6 Å². The molecule has 2 heterocycles. The molecule has 18 heteroatoms. The minimum atomic E-state index is -1.52. The Bertz CT molecular complexity index is 1780. The second-order valence-corrected chi connectivity index (χ2v) is 23.1. The average molecular weight is 1090 g/mol. The van der Waals surface area contributed by atoms with Gasteiger partial charge >= 0.3 is 5.97 Å². The van der Waals surface area contributed by atoms with Gasteiger partial charge in [-0.1, -0.05) is 183 Å². The first-order valence-electron chi connectivity index (χ1n) is 30.2. The molecule has 18 nitrogen and oxygen atoms in total. The second-order valence-electron chi connectivity index (χ2n) is 23.1. The highest BCUT2D eigenvalue weighted by Gasteiger charge is 2.41. The van der Waals surface area contributed by atoms with Crippen LogP contribution in [0, 0.1) is 17.8 Å². The van der Waals surface area contributed by atoms with Crippen LogP contribution in [0.4, 0.5) is 0 Å². The number of ether oxygens (including phenoxy) is 2. The quantitative estimate of drug-likeness (QED) is 0.0284. The van der Waals surface area contributed by atoms with Crippen LogP contribution in [0.2, 0.25) is 0 Å². The van der Waals surface area contributed by atoms with Crippen molar-refractivity contribution >= 4 is 47.3 Å². The van der Waals surface area contributed by atoms with E-state index in [0.29, 0.717) is 25.7 Å². The van der Waals surface area contributed by atoms with Crippen LogP contribution in [-0.4, -0.2) is 132 Å². The van der Waals surface area contributed by atoms with Gasteiger partial charge in [-0.2, -0.15) is 0 Å². The zero-order chi connectivity index (χ0) is 57.5. The minimum Gasteiger partial charge on any atom is -0.460 e. The van der Waals surface area contributed by atoms with Crippen molar-refractivity contribution in [2.24, 2.45) is 17.8 Å². The summed E-state index contributed by atoms with van der Waals surface area (Å²) in [5.74, 6) is -6.94. The molecule has 0 spiro atoms. The molecule has 11 atom stereocenters. The first-order chi connectivity index (χ1) is 36.7. The van der Waals surface area contributed by atoms with Gasteiger partial charge in [-0.25, -0.2) is 4.79 Å². The van der Waals surface area contributed by atoms with Gasteiger partial charge in [-0.15, -0.1) is 0 Å². The fraction of sp³-hybridized carbons (Fsp3) is 0.864. The Morgan fingerprint density at radius 1 is 0.545 bits per heavy atom. The molecule has 77 heavy (non-hydrogen) atoms. The summed E-state index contributed by atoms with van der Waals surface area (Å²) in [6, 6.07) is -8.44. The lowest BCUT2D eigenvalue weighted by Gasteiger charge is -2.32. The first-order valence-corrected chi connectivity index (χ1v) is 30.2. The Kier molecular flexibility index (Phi) is 34.2. The Hall–Kier alpha value is -4.32. The van der Waals surface area contributed by atoms with Crippen molar-refractivity contribution in [3.8, 4) is 0 Å². The highest BCUT2D eigenvalue weighted by molar-refractivity contribution is 5.98. The fourth-order valence-corrected chi connectivity index (χ4v) is 10.3. The predicted molar refractivity (Wildman–Crippen MR) is 301 cm³/mol. The summed E-state index contributed by atoms with van der Waals surface area (Å²) < 4.78 is 11.6. The van der Waals surface area contributed by atoms with Crippen LogP contribution in [-0.2, 0) is 47.8 Å². The van der Waals surface area contributed by atoms with Crippen LogP contribution >= 0.6 is 0 Å². The molecule has 0 bridgehead atoms. The topological polar surface area (TPSA) is 251 Å². The molecule has 2 saturated heterocycles. The number of hydrogen-bond acceptors (Lipinski definition) is 11. The number of cyclic esters (lactones) is 1. The van der Waals surface area contributed by atoms with Crippen LogP contribution < -0.4 is 31.9 Å². The SMILES string of the molecule is CCCCCCCCCCCCCCCCCCCCCCC[C@@H]1CC(=O)N[C@@H]([C@@H](C)O)C(=O)NC(C(C)C)C(=O)N[C@@H](C)C(=O)N2CCC[C@@H]2C(=O)N[C@H]([C@@H](C)CC)C(=O)N[C@@H](C(C)C)C(=O)NC([C@@H](C)OC)C(=O)O1. The van der Waals surface area contributed by atoms with Crippen molar-refractivity contribution in [2.75, 3.05) is 13.7 Å².